The van der Waals surface area contributed by atoms with Gasteiger partial charge in [-0.3, -0.25) is 0 Å². The van der Waals surface area contributed by atoms with E-state index in [0.717, 1.165) is 16.9 Å². The molecule has 1 nitrogen and oxygen atoms in total. The Kier molecular flexibility index (Phi) is 3.20. The van der Waals surface area contributed by atoms with Crippen LogP contribution >= 0.6 is 0 Å². The van der Waals surface area contributed by atoms with Crippen LogP contribution in [0, 0.1) is 18.8 Å². The van der Waals surface area contributed by atoms with Crippen LogP contribution in [0.3, 0.4) is 0 Å². The van der Waals surface area contributed by atoms with E-state index in [4.69, 9.17) is 4.74 Å². The van der Waals surface area contributed by atoms with Gasteiger partial charge in [0, 0.05) is 0 Å². The predicted molar refractivity (Wildman–Crippen MR) is 60.7 cm³/mol. The molecule has 0 amide bonds. The number of aryl methyl sites for hydroxylation is 1. The van der Waals surface area contributed by atoms with E-state index in [0.29, 0.717) is 6.61 Å². The molecule has 0 aromatic heterocycles. The first-order valence-corrected chi connectivity index (χ1v) is 5.09. The van der Waals surface area contributed by atoms with Gasteiger partial charge in [0.05, 0.1) is 0 Å². The molecule has 0 saturated heterocycles. The Morgan fingerprint density at radius 1 is 1.25 bits per heavy atom. The van der Waals surface area contributed by atoms with Crippen LogP contribution in [0.25, 0.3) is 0 Å². The number of hydrogen-bond donors (Lipinski definition) is 0. The summed E-state index contributed by atoms with van der Waals surface area (Å²) in [6.45, 7) is 2.34. The van der Waals surface area contributed by atoms with Crippen molar-refractivity contribution in [1.29, 1.82) is 0 Å². The smallest absolute Gasteiger partial charge is 0.123 e. The second-order valence-electron chi connectivity index (χ2n) is 3.63. The molecule has 0 saturated carbocycles. The lowest BCUT2D eigenvalue weighted by molar-refractivity contribution is 0.305. The summed E-state index contributed by atoms with van der Waals surface area (Å²) < 4.78 is 18.4. The van der Waals surface area contributed by atoms with Crippen molar-refractivity contribution >= 4 is 0 Å². The third kappa shape index (κ3) is 2.83. The fraction of sp³-hybridized carbons (Fsp3) is 0.143. The lowest BCUT2D eigenvalue weighted by Gasteiger charge is -2.06. The first-order chi connectivity index (χ1) is 7.74. The van der Waals surface area contributed by atoms with Crippen molar-refractivity contribution in [1.82, 2.24) is 0 Å². The number of hydrogen-bond acceptors (Lipinski definition) is 1. The van der Waals surface area contributed by atoms with Crippen LogP contribution in [-0.4, -0.2) is 0 Å². The van der Waals surface area contributed by atoms with E-state index in [1.807, 2.05) is 25.1 Å². The second-order valence-corrected chi connectivity index (χ2v) is 3.63. The van der Waals surface area contributed by atoms with Gasteiger partial charge in [-0.2, -0.15) is 0 Å². The Bertz CT molecular complexity index is 462. The van der Waals surface area contributed by atoms with Gasteiger partial charge in [-0.05, 0) is 48.4 Å². The van der Waals surface area contributed by atoms with E-state index < -0.39 is 0 Å². The van der Waals surface area contributed by atoms with E-state index in [1.165, 1.54) is 12.1 Å². The molecule has 0 N–H and O–H groups in total. The summed E-state index contributed by atoms with van der Waals surface area (Å²) in [5.74, 6) is 0.506. The summed E-state index contributed by atoms with van der Waals surface area (Å²) >= 11 is 0. The fourth-order valence-corrected chi connectivity index (χ4v) is 1.37. The first-order valence-electron chi connectivity index (χ1n) is 5.09. The monoisotopic (exact) mass is 215 g/mol. The molecule has 16 heavy (non-hydrogen) atoms. The zero-order valence-corrected chi connectivity index (χ0v) is 9.03. The van der Waals surface area contributed by atoms with Gasteiger partial charge in [0.1, 0.15) is 18.2 Å². The average Bonchev–Trinajstić information content (AvgIpc) is 2.28. The van der Waals surface area contributed by atoms with Crippen molar-refractivity contribution < 1.29 is 9.13 Å². The van der Waals surface area contributed by atoms with Gasteiger partial charge in [0.25, 0.3) is 0 Å². The van der Waals surface area contributed by atoms with Crippen molar-refractivity contribution in [3.63, 3.8) is 0 Å². The predicted octanol–water partition coefficient (Wildman–Crippen LogP) is 3.51. The van der Waals surface area contributed by atoms with Crippen molar-refractivity contribution in [3.8, 4) is 5.75 Å². The fourth-order valence-electron chi connectivity index (χ4n) is 1.37. The largest absolute Gasteiger partial charge is 0.489 e. The van der Waals surface area contributed by atoms with Gasteiger partial charge < -0.3 is 4.74 Å². The normalized spacial score (nSPS) is 10.1. The SMILES string of the molecule is Cc1[c]cc(OCc2cccc(F)c2)cc1. The van der Waals surface area contributed by atoms with Gasteiger partial charge in [-0.1, -0.05) is 18.2 Å². The molecule has 2 aromatic carbocycles. The highest BCUT2D eigenvalue weighted by atomic mass is 19.1. The van der Waals surface area contributed by atoms with Crippen LogP contribution in [0.4, 0.5) is 4.39 Å². The van der Waals surface area contributed by atoms with E-state index in [2.05, 4.69) is 6.07 Å². The van der Waals surface area contributed by atoms with Crippen LogP contribution < -0.4 is 4.74 Å². The summed E-state index contributed by atoms with van der Waals surface area (Å²) in [7, 11) is 0. The van der Waals surface area contributed by atoms with Crippen LogP contribution in [0.15, 0.2) is 42.5 Å². The van der Waals surface area contributed by atoms with Gasteiger partial charge in [-0.25, -0.2) is 4.39 Å². The van der Waals surface area contributed by atoms with E-state index >= 15 is 0 Å². The average molecular weight is 215 g/mol. The van der Waals surface area contributed by atoms with E-state index in [9.17, 15) is 4.39 Å². The Hall–Kier alpha value is -1.83. The molecular weight excluding hydrogens is 203 g/mol. The molecule has 2 aromatic rings. The minimum absolute atomic E-state index is 0.239. The highest BCUT2D eigenvalue weighted by molar-refractivity contribution is 5.26. The Labute approximate surface area is 94.5 Å². The Balaban J connectivity index is 1.99. The molecule has 1 radical (unpaired) electrons. The maximum absolute atomic E-state index is 12.9. The molecule has 0 bridgehead atoms. The molecule has 0 heterocycles. The standard InChI is InChI=1S/C14H12FO/c1-11-5-7-14(8-6-11)16-10-12-3-2-4-13(15)9-12/h2-5,7-9H,10H2,1H3. The summed E-state index contributed by atoms with van der Waals surface area (Å²) in [5, 5.41) is 0. The highest BCUT2D eigenvalue weighted by Gasteiger charge is 1.97. The van der Waals surface area contributed by atoms with Gasteiger partial charge in [0.2, 0.25) is 0 Å². The Morgan fingerprint density at radius 2 is 2.12 bits per heavy atom. The quantitative estimate of drug-likeness (QED) is 0.761. The van der Waals surface area contributed by atoms with Crippen LogP contribution in [0.5, 0.6) is 5.75 Å². The summed E-state index contributed by atoms with van der Waals surface area (Å²) in [5.41, 5.74) is 1.89. The molecule has 81 valence electrons. The lowest BCUT2D eigenvalue weighted by Crippen LogP contribution is -1.95. The molecule has 0 atom stereocenters. The van der Waals surface area contributed by atoms with Gasteiger partial charge >= 0.3 is 0 Å². The van der Waals surface area contributed by atoms with Crippen molar-refractivity contribution in [3.05, 3.63) is 65.5 Å². The number of benzene rings is 2. The molecule has 0 spiro atoms. The third-order valence-electron chi connectivity index (χ3n) is 2.23. The summed E-state index contributed by atoms with van der Waals surface area (Å²) in [6, 6.07) is 15.0. The molecule has 0 aliphatic rings. The summed E-state index contributed by atoms with van der Waals surface area (Å²) in [6.07, 6.45) is 0. The van der Waals surface area contributed by atoms with Crippen LogP contribution in [0.1, 0.15) is 11.1 Å². The Morgan fingerprint density at radius 3 is 2.81 bits per heavy atom. The van der Waals surface area contributed by atoms with Gasteiger partial charge in [-0.15, -0.1) is 0 Å². The number of ether oxygens (including phenoxy) is 1. The molecule has 0 fully saturated rings. The summed E-state index contributed by atoms with van der Waals surface area (Å²) in [4.78, 5) is 0. The highest BCUT2D eigenvalue weighted by Crippen LogP contribution is 2.13. The van der Waals surface area contributed by atoms with Gasteiger partial charge in [0.15, 0.2) is 0 Å². The molecular formula is C14H12FO. The maximum Gasteiger partial charge on any atom is 0.123 e. The third-order valence-corrected chi connectivity index (χ3v) is 2.23. The topological polar surface area (TPSA) is 9.23 Å². The van der Waals surface area contributed by atoms with Crippen molar-refractivity contribution in [2.24, 2.45) is 0 Å². The minimum atomic E-state index is -0.239. The molecule has 0 aliphatic heterocycles. The van der Waals surface area contributed by atoms with E-state index in [1.54, 1.807) is 12.1 Å². The molecule has 2 rings (SSSR count). The van der Waals surface area contributed by atoms with Crippen LogP contribution in [-0.2, 0) is 6.61 Å². The second kappa shape index (κ2) is 4.79. The van der Waals surface area contributed by atoms with E-state index in [-0.39, 0.29) is 5.82 Å². The lowest BCUT2D eigenvalue weighted by atomic mass is 10.2. The molecule has 2 heteroatoms. The first kappa shape index (κ1) is 10.7. The zero-order chi connectivity index (χ0) is 11.4. The van der Waals surface area contributed by atoms with Crippen LogP contribution in [0.2, 0.25) is 0 Å². The van der Waals surface area contributed by atoms with Crippen molar-refractivity contribution in [2.45, 2.75) is 13.5 Å². The number of rotatable bonds is 3. The van der Waals surface area contributed by atoms with Crippen molar-refractivity contribution in [2.75, 3.05) is 0 Å². The molecule has 0 unspecified atom stereocenters. The minimum Gasteiger partial charge on any atom is -0.489 e. The molecule has 0 aliphatic carbocycles. The maximum atomic E-state index is 12.9. The zero-order valence-electron chi connectivity index (χ0n) is 9.03. The number of halogens is 1.